The van der Waals surface area contributed by atoms with Crippen molar-refractivity contribution < 1.29 is 19.2 Å². The fraction of sp³-hybridized carbons (Fsp3) is 0.857. The first kappa shape index (κ1) is 22.7. The summed E-state index contributed by atoms with van der Waals surface area (Å²) >= 11 is 0. The third-order valence-corrected chi connectivity index (χ3v) is 5.08. The standard InChI is InChI=1S/C21H37NO4/c1-3-4-5-6-7-8-9-10-11-12-13-14-15-18(2)21(25)26-22-19(23)16-17-20(22)24/h18H,3-17H2,1-2H3. The van der Waals surface area contributed by atoms with Gasteiger partial charge in [0.05, 0.1) is 5.92 Å². The molecule has 1 heterocycles. The van der Waals surface area contributed by atoms with Gasteiger partial charge in [0.1, 0.15) is 0 Å². The summed E-state index contributed by atoms with van der Waals surface area (Å²) in [6, 6.07) is 0. The maximum absolute atomic E-state index is 12.0. The molecule has 1 saturated heterocycles. The largest absolute Gasteiger partial charge is 0.335 e. The number of hydrogen-bond donors (Lipinski definition) is 0. The molecule has 5 heteroatoms. The normalized spacial score (nSPS) is 15.5. The lowest BCUT2D eigenvalue weighted by atomic mass is 10.0. The van der Waals surface area contributed by atoms with Gasteiger partial charge in [-0.1, -0.05) is 90.9 Å². The van der Waals surface area contributed by atoms with E-state index in [1.807, 2.05) is 0 Å². The van der Waals surface area contributed by atoms with Crippen molar-refractivity contribution in [2.24, 2.45) is 5.92 Å². The molecule has 0 aliphatic carbocycles. The van der Waals surface area contributed by atoms with E-state index >= 15 is 0 Å². The number of imide groups is 1. The Balaban J connectivity index is 1.94. The predicted octanol–water partition coefficient (Wildman–Crippen LogP) is 5.32. The van der Waals surface area contributed by atoms with Crippen LogP contribution in [0.1, 0.15) is 110 Å². The predicted molar refractivity (Wildman–Crippen MR) is 102 cm³/mol. The fourth-order valence-corrected chi connectivity index (χ4v) is 3.25. The van der Waals surface area contributed by atoms with Crippen LogP contribution in [0.3, 0.4) is 0 Å². The van der Waals surface area contributed by atoms with Crippen LogP contribution in [0, 0.1) is 5.92 Å². The highest BCUT2D eigenvalue weighted by Gasteiger charge is 2.33. The molecule has 0 radical (unpaired) electrons. The molecule has 1 fully saturated rings. The number of amides is 2. The number of rotatable bonds is 15. The molecule has 0 aromatic heterocycles. The molecule has 0 N–H and O–H groups in total. The third-order valence-electron chi connectivity index (χ3n) is 5.08. The zero-order valence-corrected chi connectivity index (χ0v) is 16.8. The van der Waals surface area contributed by atoms with Gasteiger partial charge in [-0.15, -0.1) is 5.06 Å². The van der Waals surface area contributed by atoms with Gasteiger partial charge < -0.3 is 4.84 Å². The molecule has 5 nitrogen and oxygen atoms in total. The molecule has 1 aliphatic rings. The molecule has 0 aromatic carbocycles. The van der Waals surface area contributed by atoms with Crippen molar-refractivity contribution in [3.63, 3.8) is 0 Å². The molecule has 1 atom stereocenters. The Hall–Kier alpha value is -1.39. The van der Waals surface area contributed by atoms with Gasteiger partial charge in [-0.05, 0) is 6.42 Å². The van der Waals surface area contributed by atoms with E-state index in [1.165, 1.54) is 64.2 Å². The average molecular weight is 368 g/mol. The second kappa shape index (κ2) is 13.8. The highest BCUT2D eigenvalue weighted by atomic mass is 16.7. The van der Waals surface area contributed by atoms with Gasteiger partial charge in [0, 0.05) is 12.8 Å². The lowest BCUT2D eigenvalue weighted by Gasteiger charge is -2.16. The first-order valence-corrected chi connectivity index (χ1v) is 10.6. The topological polar surface area (TPSA) is 63.7 Å². The Morgan fingerprint density at radius 3 is 1.73 bits per heavy atom. The van der Waals surface area contributed by atoms with Crippen LogP contribution in [0.25, 0.3) is 0 Å². The molecule has 26 heavy (non-hydrogen) atoms. The number of hydroxylamine groups is 2. The maximum Gasteiger partial charge on any atom is 0.335 e. The molecule has 0 saturated carbocycles. The van der Waals surface area contributed by atoms with Gasteiger partial charge in [-0.25, -0.2) is 4.79 Å². The van der Waals surface area contributed by atoms with E-state index in [9.17, 15) is 14.4 Å². The Bertz CT molecular complexity index is 420. The summed E-state index contributed by atoms with van der Waals surface area (Å²) in [4.78, 5) is 39.8. The van der Waals surface area contributed by atoms with Gasteiger partial charge >= 0.3 is 5.97 Å². The first-order valence-electron chi connectivity index (χ1n) is 10.6. The third kappa shape index (κ3) is 9.35. The van der Waals surface area contributed by atoms with Crippen LogP contribution in [0.5, 0.6) is 0 Å². The monoisotopic (exact) mass is 367 g/mol. The average Bonchev–Trinajstić information content (AvgIpc) is 2.94. The van der Waals surface area contributed by atoms with E-state index in [4.69, 9.17) is 4.84 Å². The highest BCUT2D eigenvalue weighted by molar-refractivity contribution is 6.01. The van der Waals surface area contributed by atoms with Gasteiger partial charge in [0.25, 0.3) is 11.8 Å². The molecule has 2 amide bonds. The molecule has 0 bridgehead atoms. The molecule has 0 spiro atoms. The van der Waals surface area contributed by atoms with E-state index in [0.29, 0.717) is 5.06 Å². The minimum Gasteiger partial charge on any atom is -0.330 e. The second-order valence-corrected chi connectivity index (χ2v) is 7.57. The molecule has 1 rings (SSSR count). The van der Waals surface area contributed by atoms with Crippen LogP contribution in [0.15, 0.2) is 0 Å². The van der Waals surface area contributed by atoms with Crippen molar-refractivity contribution in [3.05, 3.63) is 0 Å². The fourth-order valence-electron chi connectivity index (χ4n) is 3.25. The second-order valence-electron chi connectivity index (χ2n) is 7.57. The Morgan fingerprint density at radius 2 is 1.27 bits per heavy atom. The van der Waals surface area contributed by atoms with E-state index in [-0.39, 0.29) is 18.8 Å². The maximum atomic E-state index is 12.0. The zero-order chi connectivity index (χ0) is 19.2. The number of unbranched alkanes of at least 4 members (excludes halogenated alkanes) is 11. The van der Waals surface area contributed by atoms with Crippen LogP contribution in [0.2, 0.25) is 0 Å². The highest BCUT2D eigenvalue weighted by Crippen LogP contribution is 2.18. The smallest absolute Gasteiger partial charge is 0.330 e. The van der Waals surface area contributed by atoms with E-state index < -0.39 is 17.8 Å². The van der Waals surface area contributed by atoms with Crippen LogP contribution in [-0.4, -0.2) is 22.8 Å². The van der Waals surface area contributed by atoms with Crippen molar-refractivity contribution in [2.75, 3.05) is 0 Å². The summed E-state index contributed by atoms with van der Waals surface area (Å²) in [6.07, 6.45) is 16.4. The van der Waals surface area contributed by atoms with Crippen LogP contribution < -0.4 is 0 Å². The van der Waals surface area contributed by atoms with Crippen LogP contribution in [0.4, 0.5) is 0 Å². The van der Waals surface area contributed by atoms with Crippen molar-refractivity contribution >= 4 is 17.8 Å². The number of carbonyl (C=O) groups excluding carboxylic acids is 3. The minimum absolute atomic E-state index is 0.138. The van der Waals surface area contributed by atoms with Crippen LogP contribution >= 0.6 is 0 Å². The van der Waals surface area contributed by atoms with Crippen molar-refractivity contribution in [1.29, 1.82) is 0 Å². The lowest BCUT2D eigenvalue weighted by Crippen LogP contribution is -2.34. The molecule has 0 aromatic rings. The summed E-state index contributed by atoms with van der Waals surface area (Å²) in [6.45, 7) is 4.05. The SMILES string of the molecule is CCCCCCCCCCCCCCC(C)C(=O)ON1C(=O)CCC1=O. The van der Waals surface area contributed by atoms with Crippen molar-refractivity contribution in [2.45, 2.75) is 110 Å². The summed E-state index contributed by atoms with van der Waals surface area (Å²) in [5, 5.41) is 0.640. The number of hydrogen-bond acceptors (Lipinski definition) is 4. The molecular weight excluding hydrogens is 330 g/mol. The van der Waals surface area contributed by atoms with E-state index in [2.05, 4.69) is 6.92 Å². The summed E-state index contributed by atoms with van der Waals surface area (Å²) < 4.78 is 0. The van der Waals surface area contributed by atoms with Crippen molar-refractivity contribution in [1.82, 2.24) is 5.06 Å². The Labute approximate surface area is 158 Å². The molecular formula is C21H37NO4. The Kier molecular flexibility index (Phi) is 12.0. The minimum atomic E-state index is -0.475. The molecule has 1 aliphatic heterocycles. The van der Waals surface area contributed by atoms with Gasteiger partial charge in [-0.3, -0.25) is 9.59 Å². The molecule has 1 unspecified atom stereocenters. The van der Waals surface area contributed by atoms with Gasteiger partial charge in [0.15, 0.2) is 0 Å². The van der Waals surface area contributed by atoms with E-state index in [0.717, 1.165) is 19.3 Å². The van der Waals surface area contributed by atoms with Gasteiger partial charge in [-0.2, -0.15) is 0 Å². The van der Waals surface area contributed by atoms with E-state index in [1.54, 1.807) is 6.92 Å². The summed E-state index contributed by atoms with van der Waals surface area (Å²) in [7, 11) is 0. The quantitative estimate of drug-likeness (QED) is 0.290. The van der Waals surface area contributed by atoms with Crippen molar-refractivity contribution in [3.8, 4) is 0 Å². The van der Waals surface area contributed by atoms with Crippen LogP contribution in [-0.2, 0) is 19.2 Å². The molecule has 150 valence electrons. The number of carbonyl (C=O) groups is 3. The first-order chi connectivity index (χ1) is 12.6. The summed E-state index contributed by atoms with van der Waals surface area (Å²) in [5.41, 5.74) is 0. The lowest BCUT2D eigenvalue weighted by molar-refractivity contribution is -0.200. The zero-order valence-electron chi connectivity index (χ0n) is 16.8. The van der Waals surface area contributed by atoms with Gasteiger partial charge in [0.2, 0.25) is 0 Å². The number of nitrogens with zero attached hydrogens (tertiary/aromatic N) is 1. The summed E-state index contributed by atoms with van der Waals surface area (Å²) in [5.74, 6) is -1.59. The Morgan fingerprint density at radius 1 is 0.846 bits per heavy atom.